The summed E-state index contributed by atoms with van der Waals surface area (Å²) in [7, 11) is -1.83. The van der Waals surface area contributed by atoms with E-state index in [4.69, 9.17) is 6.42 Å². The van der Waals surface area contributed by atoms with Gasteiger partial charge >= 0.3 is 0 Å². The van der Waals surface area contributed by atoms with Crippen molar-refractivity contribution in [3.8, 4) is 12.3 Å². The van der Waals surface area contributed by atoms with Crippen LogP contribution in [0.4, 0.5) is 0 Å². The van der Waals surface area contributed by atoms with E-state index in [0.717, 1.165) is 6.42 Å². The maximum atomic E-state index is 12.1. The van der Waals surface area contributed by atoms with Crippen molar-refractivity contribution in [2.24, 2.45) is 7.05 Å². The fourth-order valence-electron chi connectivity index (χ4n) is 1.32. The van der Waals surface area contributed by atoms with Crippen molar-refractivity contribution in [1.82, 2.24) is 14.1 Å². The van der Waals surface area contributed by atoms with Crippen molar-refractivity contribution in [2.45, 2.75) is 18.2 Å². The molecule has 0 bridgehead atoms. The average Bonchev–Trinajstić information content (AvgIpc) is 2.65. The van der Waals surface area contributed by atoms with Gasteiger partial charge in [0.25, 0.3) is 0 Å². The minimum Gasteiger partial charge on any atom is -0.274 e. The van der Waals surface area contributed by atoms with Crippen LogP contribution in [0.25, 0.3) is 0 Å². The van der Waals surface area contributed by atoms with Crippen molar-refractivity contribution < 1.29 is 8.42 Å². The number of nitrogens with zero attached hydrogens (tertiary/aromatic N) is 3. The number of rotatable bonds is 5. The summed E-state index contributed by atoms with van der Waals surface area (Å²) in [6, 6.07) is 0. The van der Waals surface area contributed by atoms with Crippen molar-refractivity contribution in [3.05, 3.63) is 12.4 Å². The molecular weight excluding hydrogens is 226 g/mol. The van der Waals surface area contributed by atoms with Crippen LogP contribution < -0.4 is 0 Å². The molecule has 0 spiro atoms. The monoisotopic (exact) mass is 241 g/mol. The maximum absolute atomic E-state index is 12.1. The standard InChI is InChI=1S/C10H15N3O2S/c1-4-6-13(7-5-2)16(14,15)10-8-11-12(3)9-10/h1,8-9H,5-7H2,2-3H3. The van der Waals surface area contributed by atoms with Gasteiger partial charge in [-0.1, -0.05) is 12.8 Å². The van der Waals surface area contributed by atoms with Crippen molar-refractivity contribution in [2.75, 3.05) is 13.1 Å². The quantitative estimate of drug-likeness (QED) is 0.703. The summed E-state index contributed by atoms with van der Waals surface area (Å²) < 4.78 is 26.9. The number of hydrogen-bond acceptors (Lipinski definition) is 3. The summed E-state index contributed by atoms with van der Waals surface area (Å²) in [5.74, 6) is 2.35. The summed E-state index contributed by atoms with van der Waals surface area (Å²) in [5, 5.41) is 3.84. The van der Waals surface area contributed by atoms with Gasteiger partial charge < -0.3 is 0 Å². The molecule has 0 aliphatic carbocycles. The van der Waals surface area contributed by atoms with Crippen LogP contribution in [-0.2, 0) is 17.1 Å². The maximum Gasteiger partial charge on any atom is 0.247 e. The van der Waals surface area contributed by atoms with Crippen LogP contribution in [0.15, 0.2) is 17.3 Å². The van der Waals surface area contributed by atoms with Crippen molar-refractivity contribution in [3.63, 3.8) is 0 Å². The fourth-order valence-corrected chi connectivity index (χ4v) is 2.75. The van der Waals surface area contributed by atoms with Gasteiger partial charge in [0, 0.05) is 19.8 Å². The summed E-state index contributed by atoms with van der Waals surface area (Å²) in [4.78, 5) is 0.179. The lowest BCUT2D eigenvalue weighted by Crippen LogP contribution is -2.32. The molecule has 1 aromatic heterocycles. The smallest absolute Gasteiger partial charge is 0.247 e. The van der Waals surface area contributed by atoms with Gasteiger partial charge in [-0.2, -0.15) is 9.40 Å². The molecule has 6 heteroatoms. The number of sulfonamides is 1. The molecule has 0 aliphatic rings. The van der Waals surface area contributed by atoms with Crippen LogP contribution in [0.3, 0.4) is 0 Å². The van der Waals surface area contributed by atoms with E-state index in [-0.39, 0.29) is 11.4 Å². The second-order valence-corrected chi connectivity index (χ2v) is 5.33. The molecule has 1 heterocycles. The lowest BCUT2D eigenvalue weighted by Gasteiger charge is -2.17. The van der Waals surface area contributed by atoms with E-state index in [0.29, 0.717) is 6.54 Å². The average molecular weight is 241 g/mol. The minimum absolute atomic E-state index is 0.0884. The molecule has 1 rings (SSSR count). The zero-order valence-electron chi connectivity index (χ0n) is 9.42. The van der Waals surface area contributed by atoms with Gasteiger partial charge in [-0.3, -0.25) is 4.68 Å². The Morgan fingerprint density at radius 3 is 2.75 bits per heavy atom. The second kappa shape index (κ2) is 5.14. The third-order valence-corrected chi connectivity index (χ3v) is 3.86. The predicted molar refractivity (Wildman–Crippen MR) is 61.1 cm³/mol. The number of hydrogen-bond donors (Lipinski definition) is 0. The van der Waals surface area contributed by atoms with E-state index < -0.39 is 10.0 Å². The third-order valence-electron chi connectivity index (χ3n) is 2.06. The van der Waals surface area contributed by atoms with Crippen molar-refractivity contribution >= 4 is 10.0 Å². The van der Waals surface area contributed by atoms with Crippen molar-refractivity contribution in [1.29, 1.82) is 0 Å². The highest BCUT2D eigenvalue weighted by Crippen LogP contribution is 2.14. The topological polar surface area (TPSA) is 55.2 Å². The number of aromatic nitrogens is 2. The lowest BCUT2D eigenvalue weighted by molar-refractivity contribution is 0.445. The molecule has 0 atom stereocenters. The van der Waals surface area contributed by atoms with Gasteiger partial charge in [0.05, 0.1) is 12.7 Å². The Morgan fingerprint density at radius 2 is 2.31 bits per heavy atom. The Kier molecular flexibility index (Phi) is 4.10. The first-order chi connectivity index (χ1) is 7.52. The Morgan fingerprint density at radius 1 is 1.62 bits per heavy atom. The van der Waals surface area contributed by atoms with E-state index in [1.54, 1.807) is 7.05 Å². The number of aryl methyl sites for hydroxylation is 1. The van der Waals surface area contributed by atoms with Crippen LogP contribution in [0.1, 0.15) is 13.3 Å². The molecule has 0 saturated heterocycles. The summed E-state index contributed by atoms with van der Waals surface area (Å²) in [6.07, 6.45) is 8.68. The first kappa shape index (κ1) is 12.7. The van der Waals surface area contributed by atoms with E-state index in [9.17, 15) is 8.42 Å². The van der Waals surface area contributed by atoms with Crippen LogP contribution in [0, 0.1) is 12.3 Å². The Balaban J connectivity index is 3.03. The zero-order valence-corrected chi connectivity index (χ0v) is 10.2. The molecule has 16 heavy (non-hydrogen) atoms. The third kappa shape index (κ3) is 2.62. The normalized spacial score (nSPS) is 11.6. The molecule has 0 aliphatic heterocycles. The highest BCUT2D eigenvalue weighted by Gasteiger charge is 2.24. The van der Waals surface area contributed by atoms with Crippen LogP contribution in [0.5, 0.6) is 0 Å². The van der Waals surface area contributed by atoms with Crippen LogP contribution >= 0.6 is 0 Å². The number of terminal acetylenes is 1. The van der Waals surface area contributed by atoms with E-state index >= 15 is 0 Å². The first-order valence-corrected chi connectivity index (χ1v) is 6.38. The summed E-state index contributed by atoms with van der Waals surface area (Å²) >= 11 is 0. The summed E-state index contributed by atoms with van der Waals surface area (Å²) in [5.41, 5.74) is 0. The minimum atomic E-state index is -3.50. The molecule has 0 unspecified atom stereocenters. The van der Waals surface area contributed by atoms with Crippen LogP contribution in [-0.4, -0.2) is 35.6 Å². The van der Waals surface area contributed by atoms with Gasteiger partial charge in [0.1, 0.15) is 4.90 Å². The molecule has 0 amide bonds. The molecule has 0 fully saturated rings. The largest absolute Gasteiger partial charge is 0.274 e. The first-order valence-electron chi connectivity index (χ1n) is 4.94. The van der Waals surface area contributed by atoms with E-state index in [1.165, 1.54) is 21.4 Å². The van der Waals surface area contributed by atoms with Gasteiger partial charge in [-0.25, -0.2) is 8.42 Å². The van der Waals surface area contributed by atoms with Gasteiger partial charge in [-0.15, -0.1) is 6.42 Å². The molecule has 0 N–H and O–H groups in total. The lowest BCUT2D eigenvalue weighted by atomic mass is 10.5. The molecule has 0 radical (unpaired) electrons. The Bertz CT molecular complexity index is 484. The highest BCUT2D eigenvalue weighted by molar-refractivity contribution is 7.89. The Labute approximate surface area is 96.1 Å². The summed E-state index contributed by atoms with van der Waals surface area (Å²) in [6.45, 7) is 2.41. The predicted octanol–water partition coefficient (Wildman–Crippen LogP) is 0.454. The molecule has 1 aromatic rings. The molecular formula is C10H15N3O2S. The molecule has 5 nitrogen and oxygen atoms in total. The van der Waals surface area contributed by atoms with Crippen LogP contribution in [0.2, 0.25) is 0 Å². The van der Waals surface area contributed by atoms with Gasteiger partial charge in [0.15, 0.2) is 0 Å². The van der Waals surface area contributed by atoms with E-state index in [1.807, 2.05) is 6.92 Å². The second-order valence-electron chi connectivity index (χ2n) is 3.39. The van der Waals surface area contributed by atoms with E-state index in [2.05, 4.69) is 11.0 Å². The molecule has 0 saturated carbocycles. The zero-order chi connectivity index (χ0) is 12.2. The fraction of sp³-hybridized carbons (Fsp3) is 0.500. The molecule has 0 aromatic carbocycles. The van der Waals surface area contributed by atoms with Gasteiger partial charge in [0.2, 0.25) is 10.0 Å². The molecule has 88 valence electrons. The SMILES string of the molecule is C#CCN(CCC)S(=O)(=O)c1cnn(C)c1. The van der Waals surface area contributed by atoms with Gasteiger partial charge in [-0.05, 0) is 6.42 Å². The Hall–Kier alpha value is -1.32. The highest BCUT2D eigenvalue weighted by atomic mass is 32.2.